The molecule has 0 aliphatic carbocycles. The highest BCUT2D eigenvalue weighted by Crippen LogP contribution is 2.24. The van der Waals surface area contributed by atoms with Crippen LogP contribution in [0, 0.1) is 5.82 Å². The third kappa shape index (κ3) is 5.20. The van der Waals surface area contributed by atoms with E-state index in [9.17, 15) is 14.0 Å². The number of halogens is 1. The Bertz CT molecular complexity index is 748. The van der Waals surface area contributed by atoms with E-state index in [1.165, 1.54) is 37.6 Å². The first-order valence-corrected chi connectivity index (χ1v) is 6.98. The van der Waals surface area contributed by atoms with Crippen molar-refractivity contribution in [2.75, 3.05) is 13.7 Å². The Morgan fingerprint density at radius 2 is 2.17 bits per heavy atom. The van der Waals surface area contributed by atoms with E-state index in [-0.39, 0.29) is 12.3 Å². The van der Waals surface area contributed by atoms with Crippen molar-refractivity contribution in [2.24, 2.45) is 0 Å². The molecule has 0 spiro atoms. The van der Waals surface area contributed by atoms with Crippen LogP contribution in [0.1, 0.15) is 5.56 Å². The average Bonchev–Trinajstić information content (AvgIpc) is 2.60. The molecule has 124 valence electrons. The van der Waals surface area contributed by atoms with Gasteiger partial charge in [-0.3, -0.25) is 14.6 Å². The van der Waals surface area contributed by atoms with Crippen LogP contribution in [0.3, 0.4) is 0 Å². The smallest absolute Gasteiger partial charge is 0.325 e. The van der Waals surface area contributed by atoms with E-state index in [4.69, 9.17) is 4.74 Å². The van der Waals surface area contributed by atoms with Crippen LogP contribution in [-0.4, -0.2) is 30.5 Å². The van der Waals surface area contributed by atoms with Crippen LogP contribution in [0.2, 0.25) is 0 Å². The number of methoxy groups -OCH3 is 1. The molecule has 0 bridgehead atoms. The maximum absolute atomic E-state index is 14.0. The molecule has 1 aromatic carbocycles. The van der Waals surface area contributed by atoms with Crippen molar-refractivity contribution in [2.45, 2.75) is 0 Å². The summed E-state index contributed by atoms with van der Waals surface area (Å²) in [4.78, 5) is 26.3. The van der Waals surface area contributed by atoms with E-state index >= 15 is 0 Å². The molecule has 2 aromatic rings. The summed E-state index contributed by atoms with van der Waals surface area (Å²) < 4.78 is 23.8. The molecule has 2 rings (SSSR count). The number of ether oxygens (including phenoxy) is 2. The lowest BCUT2D eigenvalue weighted by Crippen LogP contribution is -2.28. The number of nitrogens with one attached hydrogen (secondary N) is 1. The third-order valence-corrected chi connectivity index (χ3v) is 2.88. The Labute approximate surface area is 137 Å². The van der Waals surface area contributed by atoms with Crippen molar-refractivity contribution >= 4 is 18.0 Å². The van der Waals surface area contributed by atoms with Crippen LogP contribution in [0.25, 0.3) is 6.08 Å². The van der Waals surface area contributed by atoms with Crippen LogP contribution < -0.4 is 10.1 Å². The second kappa shape index (κ2) is 8.42. The number of benzene rings is 1. The molecule has 1 amide bonds. The predicted octanol–water partition coefficient (Wildman–Crippen LogP) is 2.32. The minimum absolute atomic E-state index is 0.0512. The molecular weight excluding hydrogens is 315 g/mol. The van der Waals surface area contributed by atoms with E-state index in [0.717, 1.165) is 0 Å². The molecule has 0 saturated heterocycles. The van der Waals surface area contributed by atoms with Gasteiger partial charge in [-0.2, -0.15) is 0 Å². The van der Waals surface area contributed by atoms with Crippen molar-refractivity contribution in [3.05, 3.63) is 60.2 Å². The van der Waals surface area contributed by atoms with Gasteiger partial charge in [0, 0.05) is 12.3 Å². The topological polar surface area (TPSA) is 77.5 Å². The van der Waals surface area contributed by atoms with Gasteiger partial charge in [-0.05, 0) is 35.9 Å². The Balaban J connectivity index is 1.97. The molecule has 6 nitrogen and oxygen atoms in total. The monoisotopic (exact) mass is 330 g/mol. The van der Waals surface area contributed by atoms with E-state index in [2.05, 4.69) is 15.0 Å². The molecule has 0 saturated carbocycles. The molecule has 0 radical (unpaired) electrons. The Kier molecular flexibility index (Phi) is 6.01. The molecular formula is C17H15FN2O4. The molecule has 0 aliphatic heterocycles. The first kappa shape index (κ1) is 17.1. The highest BCUT2D eigenvalue weighted by atomic mass is 19.1. The van der Waals surface area contributed by atoms with Gasteiger partial charge in [0.15, 0.2) is 11.6 Å². The van der Waals surface area contributed by atoms with Crippen molar-refractivity contribution in [3.63, 3.8) is 0 Å². The molecule has 0 fully saturated rings. The third-order valence-electron chi connectivity index (χ3n) is 2.88. The second-order valence-electron chi connectivity index (χ2n) is 4.61. The predicted molar refractivity (Wildman–Crippen MR) is 84.8 cm³/mol. The Morgan fingerprint density at radius 1 is 1.33 bits per heavy atom. The molecule has 1 heterocycles. The summed E-state index contributed by atoms with van der Waals surface area (Å²) in [5.41, 5.74) is 0.472. The van der Waals surface area contributed by atoms with Gasteiger partial charge in [0.1, 0.15) is 12.3 Å². The van der Waals surface area contributed by atoms with Gasteiger partial charge >= 0.3 is 5.97 Å². The maximum atomic E-state index is 14.0. The van der Waals surface area contributed by atoms with Crippen molar-refractivity contribution in [1.29, 1.82) is 0 Å². The van der Waals surface area contributed by atoms with Crippen LogP contribution in [0.5, 0.6) is 11.5 Å². The number of hydrogen-bond donors (Lipinski definition) is 1. The fourth-order valence-corrected chi connectivity index (χ4v) is 1.70. The fourth-order valence-electron chi connectivity index (χ4n) is 1.70. The van der Waals surface area contributed by atoms with Gasteiger partial charge in [-0.25, -0.2) is 4.39 Å². The number of rotatable bonds is 6. The van der Waals surface area contributed by atoms with Crippen LogP contribution in [0.15, 0.2) is 48.8 Å². The molecule has 24 heavy (non-hydrogen) atoms. The average molecular weight is 330 g/mol. The molecule has 1 aromatic heterocycles. The first-order chi connectivity index (χ1) is 11.6. The molecule has 0 atom stereocenters. The van der Waals surface area contributed by atoms with Crippen LogP contribution >= 0.6 is 0 Å². The summed E-state index contributed by atoms with van der Waals surface area (Å²) in [6.45, 7) is -0.230. The van der Waals surface area contributed by atoms with Crippen molar-refractivity contribution in [3.8, 4) is 11.5 Å². The molecule has 7 heteroatoms. The Morgan fingerprint density at radius 3 is 2.83 bits per heavy atom. The van der Waals surface area contributed by atoms with Crippen LogP contribution in [-0.2, 0) is 14.3 Å². The number of pyridine rings is 1. The number of nitrogens with zero attached hydrogens (tertiary/aromatic N) is 1. The summed E-state index contributed by atoms with van der Waals surface area (Å²) in [7, 11) is 1.22. The quantitative estimate of drug-likeness (QED) is 0.650. The van der Waals surface area contributed by atoms with Crippen molar-refractivity contribution < 1.29 is 23.5 Å². The highest BCUT2D eigenvalue weighted by Gasteiger charge is 2.06. The lowest BCUT2D eigenvalue weighted by molar-refractivity contribution is -0.140. The van der Waals surface area contributed by atoms with Gasteiger partial charge in [0.05, 0.1) is 13.3 Å². The molecule has 0 unspecified atom stereocenters. The van der Waals surface area contributed by atoms with Gasteiger partial charge in [-0.15, -0.1) is 0 Å². The standard InChI is InChI=1S/C17H15FN2O4/c1-23-17(22)11-20-16(21)7-5-12-4-6-15(14(18)9-12)24-13-3-2-8-19-10-13/h2-10H,11H2,1H3,(H,20,21). The SMILES string of the molecule is COC(=O)CNC(=O)C=Cc1ccc(Oc2cccnc2)c(F)c1. The lowest BCUT2D eigenvalue weighted by atomic mass is 10.2. The van der Waals surface area contributed by atoms with Gasteiger partial charge in [0.25, 0.3) is 0 Å². The number of amides is 1. The van der Waals surface area contributed by atoms with E-state index < -0.39 is 17.7 Å². The van der Waals surface area contributed by atoms with Crippen LogP contribution in [0.4, 0.5) is 4.39 Å². The molecule has 1 N–H and O–H groups in total. The van der Waals surface area contributed by atoms with Gasteiger partial charge in [-0.1, -0.05) is 6.07 Å². The highest BCUT2D eigenvalue weighted by molar-refractivity contribution is 5.93. The van der Waals surface area contributed by atoms with E-state index in [0.29, 0.717) is 11.3 Å². The zero-order chi connectivity index (χ0) is 17.4. The molecule has 0 aliphatic rings. The van der Waals surface area contributed by atoms with E-state index in [1.807, 2.05) is 0 Å². The Hall–Kier alpha value is -3.22. The first-order valence-electron chi connectivity index (χ1n) is 6.98. The number of esters is 1. The minimum Gasteiger partial charge on any atom is -0.468 e. The van der Waals surface area contributed by atoms with Crippen molar-refractivity contribution in [1.82, 2.24) is 10.3 Å². The fraction of sp³-hybridized carbons (Fsp3) is 0.118. The zero-order valence-electron chi connectivity index (χ0n) is 12.9. The number of aromatic nitrogens is 1. The largest absolute Gasteiger partial charge is 0.468 e. The summed E-state index contributed by atoms with van der Waals surface area (Å²) in [6, 6.07) is 7.62. The zero-order valence-corrected chi connectivity index (χ0v) is 12.9. The number of hydrogen-bond acceptors (Lipinski definition) is 5. The number of carbonyl (C=O) groups excluding carboxylic acids is 2. The maximum Gasteiger partial charge on any atom is 0.325 e. The minimum atomic E-state index is -0.573. The van der Waals surface area contributed by atoms with E-state index in [1.54, 1.807) is 24.4 Å². The normalized spacial score (nSPS) is 10.4. The summed E-state index contributed by atoms with van der Waals surface area (Å²) >= 11 is 0. The summed E-state index contributed by atoms with van der Waals surface area (Å²) in [5, 5.41) is 2.34. The van der Waals surface area contributed by atoms with Gasteiger partial charge in [0.2, 0.25) is 5.91 Å². The lowest BCUT2D eigenvalue weighted by Gasteiger charge is -2.06. The number of carbonyl (C=O) groups is 2. The summed E-state index contributed by atoms with van der Waals surface area (Å²) in [5.74, 6) is -1.15. The summed E-state index contributed by atoms with van der Waals surface area (Å²) in [6.07, 6.45) is 5.67. The van der Waals surface area contributed by atoms with Gasteiger partial charge < -0.3 is 14.8 Å². The second-order valence-corrected chi connectivity index (χ2v) is 4.61.